The third-order valence-electron chi connectivity index (χ3n) is 2.38. The summed E-state index contributed by atoms with van der Waals surface area (Å²) in [7, 11) is -1.48. The van der Waals surface area contributed by atoms with Crippen molar-refractivity contribution in [1.29, 1.82) is 0 Å². The van der Waals surface area contributed by atoms with Crippen LogP contribution in [0.5, 0.6) is 11.5 Å². The van der Waals surface area contributed by atoms with E-state index in [-0.39, 0.29) is 0 Å². The Kier molecular flexibility index (Phi) is 3.63. The van der Waals surface area contributed by atoms with Crippen LogP contribution in [0.15, 0.2) is 48.5 Å². The van der Waals surface area contributed by atoms with Gasteiger partial charge in [0, 0.05) is 0 Å². The Bertz CT molecular complexity index is 558. The maximum Gasteiger partial charge on any atom is 0.488 e. The monoisotopic (exact) mass is 239 g/mol. The summed E-state index contributed by atoms with van der Waals surface area (Å²) in [5.74, 6) is 1.22. The molecular weight excluding hydrogens is 229 g/mol. The van der Waals surface area contributed by atoms with Crippen molar-refractivity contribution in [1.82, 2.24) is 0 Å². The van der Waals surface area contributed by atoms with Gasteiger partial charge in [0.2, 0.25) is 0 Å². The third-order valence-corrected chi connectivity index (χ3v) is 2.38. The zero-order chi connectivity index (χ0) is 13.0. The predicted octanol–water partition coefficient (Wildman–Crippen LogP) is 1.71. The SMILES string of the molecule is [C-]#[N+]c1ccc(Oc2ccc(B(O)O)cc2)cc1. The van der Waals surface area contributed by atoms with Crippen LogP contribution in [0.4, 0.5) is 5.69 Å². The first kappa shape index (κ1) is 12.2. The molecule has 2 rings (SSSR count). The molecule has 0 amide bonds. The molecule has 2 aromatic rings. The zero-order valence-corrected chi connectivity index (χ0v) is 9.45. The van der Waals surface area contributed by atoms with Gasteiger partial charge >= 0.3 is 7.12 Å². The molecular formula is C13H10BNO3. The molecule has 0 spiro atoms. The first-order valence-electron chi connectivity index (χ1n) is 5.30. The van der Waals surface area contributed by atoms with E-state index in [2.05, 4.69) is 4.85 Å². The number of hydrogen-bond donors (Lipinski definition) is 2. The minimum absolute atomic E-state index is 0.408. The molecule has 4 nitrogen and oxygen atoms in total. The molecule has 5 heteroatoms. The number of rotatable bonds is 3. The fourth-order valence-electron chi connectivity index (χ4n) is 1.43. The van der Waals surface area contributed by atoms with E-state index in [0.29, 0.717) is 22.6 Å². The van der Waals surface area contributed by atoms with Gasteiger partial charge in [-0.3, -0.25) is 0 Å². The summed E-state index contributed by atoms with van der Waals surface area (Å²) in [6.45, 7) is 6.84. The van der Waals surface area contributed by atoms with Crippen LogP contribution >= 0.6 is 0 Å². The van der Waals surface area contributed by atoms with Crippen LogP contribution in [0.25, 0.3) is 4.85 Å². The van der Waals surface area contributed by atoms with E-state index in [9.17, 15) is 0 Å². The van der Waals surface area contributed by atoms with E-state index in [1.165, 1.54) is 0 Å². The molecule has 0 aliphatic heterocycles. The minimum atomic E-state index is -1.48. The molecule has 88 valence electrons. The molecule has 2 aromatic carbocycles. The van der Waals surface area contributed by atoms with Gasteiger partial charge in [0.05, 0.1) is 6.57 Å². The molecule has 0 radical (unpaired) electrons. The fourth-order valence-corrected chi connectivity index (χ4v) is 1.43. The van der Waals surface area contributed by atoms with Crippen molar-refractivity contribution >= 4 is 18.3 Å². The Balaban J connectivity index is 2.11. The second kappa shape index (κ2) is 5.36. The van der Waals surface area contributed by atoms with E-state index >= 15 is 0 Å². The number of benzene rings is 2. The van der Waals surface area contributed by atoms with Crippen molar-refractivity contribution in [3.05, 3.63) is 59.9 Å². The highest BCUT2D eigenvalue weighted by Crippen LogP contribution is 2.23. The van der Waals surface area contributed by atoms with Gasteiger partial charge in [0.25, 0.3) is 0 Å². The summed E-state index contributed by atoms with van der Waals surface area (Å²) < 4.78 is 5.55. The van der Waals surface area contributed by atoms with Gasteiger partial charge < -0.3 is 14.8 Å². The summed E-state index contributed by atoms with van der Waals surface area (Å²) in [5.41, 5.74) is 0.965. The summed E-state index contributed by atoms with van der Waals surface area (Å²) in [6.07, 6.45) is 0. The van der Waals surface area contributed by atoms with Crippen LogP contribution in [0.3, 0.4) is 0 Å². The highest BCUT2D eigenvalue weighted by atomic mass is 16.5. The van der Waals surface area contributed by atoms with Crippen molar-refractivity contribution in [2.75, 3.05) is 0 Å². The lowest BCUT2D eigenvalue weighted by molar-refractivity contribution is 0.425. The van der Waals surface area contributed by atoms with Gasteiger partial charge in [-0.15, -0.1) is 0 Å². The van der Waals surface area contributed by atoms with Crippen molar-refractivity contribution < 1.29 is 14.8 Å². The molecule has 18 heavy (non-hydrogen) atoms. The molecule has 0 fully saturated rings. The molecule has 0 bridgehead atoms. The number of ether oxygens (including phenoxy) is 1. The summed E-state index contributed by atoms with van der Waals surface area (Å²) in [4.78, 5) is 3.29. The minimum Gasteiger partial charge on any atom is -0.457 e. The molecule has 2 N–H and O–H groups in total. The maximum atomic E-state index is 8.95. The number of hydrogen-bond acceptors (Lipinski definition) is 3. The molecule has 0 atom stereocenters. The smallest absolute Gasteiger partial charge is 0.457 e. The Hall–Kier alpha value is -2.29. The quantitative estimate of drug-likeness (QED) is 0.633. The van der Waals surface area contributed by atoms with Crippen molar-refractivity contribution in [2.24, 2.45) is 0 Å². The van der Waals surface area contributed by atoms with Crippen LogP contribution in [-0.2, 0) is 0 Å². The third kappa shape index (κ3) is 2.89. The fraction of sp³-hybridized carbons (Fsp3) is 0. The number of nitrogens with zero attached hydrogens (tertiary/aromatic N) is 1. The normalized spacial score (nSPS) is 9.61. The van der Waals surface area contributed by atoms with E-state index < -0.39 is 7.12 Å². The highest BCUT2D eigenvalue weighted by molar-refractivity contribution is 6.58. The van der Waals surface area contributed by atoms with Gasteiger partial charge in [0.1, 0.15) is 11.5 Å². The lowest BCUT2D eigenvalue weighted by atomic mass is 9.80. The van der Waals surface area contributed by atoms with Crippen LogP contribution in [0.1, 0.15) is 0 Å². The van der Waals surface area contributed by atoms with Gasteiger partial charge in [0.15, 0.2) is 5.69 Å². The summed E-state index contributed by atoms with van der Waals surface area (Å²) in [5, 5.41) is 17.9. The topological polar surface area (TPSA) is 54.0 Å². The first-order valence-corrected chi connectivity index (χ1v) is 5.30. The average Bonchev–Trinajstić information content (AvgIpc) is 2.40. The van der Waals surface area contributed by atoms with Crippen LogP contribution in [-0.4, -0.2) is 17.2 Å². The Labute approximate surface area is 105 Å². The van der Waals surface area contributed by atoms with E-state index in [0.717, 1.165) is 0 Å². The first-order chi connectivity index (χ1) is 8.69. The van der Waals surface area contributed by atoms with Crippen LogP contribution in [0.2, 0.25) is 0 Å². The average molecular weight is 239 g/mol. The van der Waals surface area contributed by atoms with Crippen molar-refractivity contribution in [2.45, 2.75) is 0 Å². The highest BCUT2D eigenvalue weighted by Gasteiger charge is 2.09. The van der Waals surface area contributed by atoms with E-state index in [4.69, 9.17) is 21.4 Å². The lowest BCUT2D eigenvalue weighted by Crippen LogP contribution is -2.29. The Morgan fingerprint density at radius 3 is 1.83 bits per heavy atom. The van der Waals surface area contributed by atoms with Crippen LogP contribution < -0.4 is 10.2 Å². The van der Waals surface area contributed by atoms with Crippen molar-refractivity contribution in [3.63, 3.8) is 0 Å². The van der Waals surface area contributed by atoms with Gasteiger partial charge in [-0.1, -0.05) is 24.3 Å². The summed E-state index contributed by atoms with van der Waals surface area (Å²) >= 11 is 0. The second-order valence-electron chi connectivity index (χ2n) is 3.65. The molecule has 0 unspecified atom stereocenters. The second-order valence-corrected chi connectivity index (χ2v) is 3.65. The molecule has 0 saturated carbocycles. The van der Waals surface area contributed by atoms with Crippen LogP contribution in [0, 0.1) is 6.57 Å². The zero-order valence-electron chi connectivity index (χ0n) is 9.45. The van der Waals surface area contributed by atoms with Crippen molar-refractivity contribution in [3.8, 4) is 11.5 Å². The Morgan fingerprint density at radius 2 is 1.39 bits per heavy atom. The van der Waals surface area contributed by atoms with Gasteiger partial charge in [-0.2, -0.15) is 0 Å². The maximum absolute atomic E-state index is 8.95. The molecule has 0 saturated heterocycles. The Morgan fingerprint density at radius 1 is 0.889 bits per heavy atom. The standard InChI is InChI=1S/C13H10BNO3/c1-15-11-4-8-13(9-5-11)18-12-6-2-10(3-7-12)14(16)17/h2-9,16-17H. The van der Waals surface area contributed by atoms with E-state index in [1.54, 1.807) is 48.5 Å². The predicted molar refractivity (Wildman–Crippen MR) is 69.0 cm³/mol. The van der Waals surface area contributed by atoms with E-state index in [1.807, 2.05) is 0 Å². The molecule has 0 heterocycles. The molecule has 0 aliphatic rings. The summed E-state index contributed by atoms with van der Waals surface area (Å²) in [6, 6.07) is 13.2. The van der Waals surface area contributed by atoms with Gasteiger partial charge in [-0.25, -0.2) is 4.85 Å². The molecule has 0 aromatic heterocycles. The molecule has 0 aliphatic carbocycles. The largest absolute Gasteiger partial charge is 0.488 e. The van der Waals surface area contributed by atoms with Gasteiger partial charge in [-0.05, 0) is 29.7 Å². The lowest BCUT2D eigenvalue weighted by Gasteiger charge is -2.06.